The van der Waals surface area contributed by atoms with Crippen molar-refractivity contribution in [1.82, 2.24) is 9.88 Å². The van der Waals surface area contributed by atoms with Crippen LogP contribution in [0.4, 0.5) is 0 Å². The van der Waals surface area contributed by atoms with Crippen LogP contribution in [-0.2, 0) is 11.3 Å². The van der Waals surface area contributed by atoms with Gasteiger partial charge >= 0.3 is 5.97 Å². The first kappa shape index (κ1) is 20.1. The molecule has 1 aliphatic carbocycles. The fourth-order valence-corrected chi connectivity index (χ4v) is 4.65. The molecule has 1 saturated heterocycles. The normalized spacial score (nSPS) is 23.7. The van der Waals surface area contributed by atoms with Gasteiger partial charge in [-0.05, 0) is 60.8 Å². The quantitative estimate of drug-likeness (QED) is 0.791. The smallest absolute Gasteiger partial charge is 0.309 e. The first-order chi connectivity index (χ1) is 13.8. The van der Waals surface area contributed by atoms with Crippen molar-refractivity contribution in [3.63, 3.8) is 0 Å². The molecule has 0 bridgehead atoms. The lowest BCUT2D eigenvalue weighted by Crippen LogP contribution is -2.49. The minimum atomic E-state index is -0.691. The SMILES string of the molecule is CC(C)(C)[C@H]1CC[C@H](Oc2ccc3cc(CN4CC(C(=O)O)C4)ccc3n2)CC1. The maximum absolute atomic E-state index is 10.9. The summed E-state index contributed by atoms with van der Waals surface area (Å²) < 4.78 is 6.20. The molecule has 2 fully saturated rings. The van der Waals surface area contributed by atoms with Gasteiger partial charge in [0.1, 0.15) is 6.10 Å². The van der Waals surface area contributed by atoms with Crippen molar-refractivity contribution in [2.75, 3.05) is 13.1 Å². The summed E-state index contributed by atoms with van der Waals surface area (Å²) in [5, 5.41) is 10.1. The maximum atomic E-state index is 10.9. The molecule has 156 valence electrons. The summed E-state index contributed by atoms with van der Waals surface area (Å²) in [6.07, 6.45) is 4.93. The predicted molar refractivity (Wildman–Crippen MR) is 114 cm³/mol. The highest BCUT2D eigenvalue weighted by Gasteiger charge is 2.32. The second-order valence-corrected chi connectivity index (χ2v) is 9.86. The summed E-state index contributed by atoms with van der Waals surface area (Å²) in [6.45, 7) is 9.07. The first-order valence-corrected chi connectivity index (χ1v) is 10.8. The number of carbonyl (C=O) groups is 1. The van der Waals surface area contributed by atoms with Crippen LogP contribution in [0.25, 0.3) is 10.9 Å². The van der Waals surface area contributed by atoms with E-state index in [4.69, 9.17) is 14.8 Å². The van der Waals surface area contributed by atoms with E-state index in [9.17, 15) is 4.79 Å². The number of rotatable bonds is 5. The number of carboxylic acid groups (broad SMARTS) is 1. The Hall–Kier alpha value is -2.14. The van der Waals surface area contributed by atoms with Crippen LogP contribution in [0.1, 0.15) is 52.0 Å². The minimum Gasteiger partial charge on any atom is -0.481 e. The zero-order valence-electron chi connectivity index (χ0n) is 17.7. The standard InChI is InChI=1S/C24H32N2O3/c1-24(2,3)19-6-8-20(9-7-19)29-22-11-5-17-12-16(4-10-21(17)25-22)13-26-14-18(15-26)23(27)28/h4-5,10-12,18-20H,6-9,13-15H2,1-3H3,(H,27,28)/t19-,20-. The summed E-state index contributed by atoms with van der Waals surface area (Å²) in [7, 11) is 0. The van der Waals surface area contributed by atoms with E-state index in [1.165, 1.54) is 18.4 Å². The highest BCUT2D eigenvalue weighted by atomic mass is 16.5. The Labute approximate surface area is 173 Å². The number of aliphatic carboxylic acids is 1. The van der Waals surface area contributed by atoms with E-state index in [2.05, 4.69) is 43.9 Å². The van der Waals surface area contributed by atoms with E-state index in [-0.39, 0.29) is 12.0 Å². The van der Waals surface area contributed by atoms with Gasteiger partial charge in [0, 0.05) is 31.1 Å². The molecule has 5 nitrogen and oxygen atoms in total. The van der Waals surface area contributed by atoms with Crippen molar-refractivity contribution in [1.29, 1.82) is 0 Å². The summed E-state index contributed by atoms with van der Waals surface area (Å²) in [6, 6.07) is 10.3. The molecular weight excluding hydrogens is 364 g/mol. The molecule has 1 saturated carbocycles. The third kappa shape index (κ3) is 4.72. The average molecular weight is 397 g/mol. The third-order valence-electron chi connectivity index (χ3n) is 6.63. The van der Waals surface area contributed by atoms with Gasteiger partial charge in [0.15, 0.2) is 0 Å². The number of nitrogens with zero attached hydrogens (tertiary/aromatic N) is 2. The maximum Gasteiger partial charge on any atom is 0.309 e. The van der Waals surface area contributed by atoms with E-state index in [0.717, 1.165) is 42.1 Å². The summed E-state index contributed by atoms with van der Waals surface area (Å²) in [4.78, 5) is 17.8. The molecule has 1 aliphatic heterocycles. The van der Waals surface area contributed by atoms with E-state index in [1.807, 2.05) is 12.1 Å². The molecule has 0 amide bonds. The lowest BCUT2D eigenvalue weighted by Gasteiger charge is -2.36. The van der Waals surface area contributed by atoms with Crippen LogP contribution in [0.2, 0.25) is 0 Å². The van der Waals surface area contributed by atoms with Crippen LogP contribution < -0.4 is 4.74 Å². The molecule has 1 aromatic carbocycles. The highest BCUT2D eigenvalue weighted by Crippen LogP contribution is 2.38. The lowest BCUT2D eigenvalue weighted by molar-refractivity contribution is -0.147. The summed E-state index contributed by atoms with van der Waals surface area (Å²) in [5.74, 6) is 0.595. The number of ether oxygens (including phenoxy) is 1. The topological polar surface area (TPSA) is 62.7 Å². The van der Waals surface area contributed by atoms with Gasteiger partial charge in [-0.3, -0.25) is 9.69 Å². The molecule has 2 aromatic rings. The van der Waals surface area contributed by atoms with Crippen molar-refractivity contribution in [2.24, 2.45) is 17.3 Å². The Morgan fingerprint density at radius 2 is 1.86 bits per heavy atom. The number of carboxylic acids is 1. The van der Waals surface area contributed by atoms with Crippen molar-refractivity contribution in [2.45, 2.75) is 59.1 Å². The molecule has 1 aromatic heterocycles. The van der Waals surface area contributed by atoms with Crippen LogP contribution in [0.15, 0.2) is 30.3 Å². The molecule has 0 spiro atoms. The van der Waals surface area contributed by atoms with Crippen molar-refractivity contribution < 1.29 is 14.6 Å². The number of fused-ring (bicyclic) bond motifs is 1. The van der Waals surface area contributed by atoms with E-state index < -0.39 is 5.97 Å². The largest absolute Gasteiger partial charge is 0.481 e. The molecule has 29 heavy (non-hydrogen) atoms. The Balaban J connectivity index is 1.35. The monoisotopic (exact) mass is 396 g/mol. The van der Waals surface area contributed by atoms with Gasteiger partial charge in [0.25, 0.3) is 0 Å². The molecule has 5 heteroatoms. The van der Waals surface area contributed by atoms with Crippen molar-refractivity contribution >= 4 is 16.9 Å². The summed E-state index contributed by atoms with van der Waals surface area (Å²) in [5.41, 5.74) is 2.52. The van der Waals surface area contributed by atoms with Crippen LogP contribution in [0.5, 0.6) is 5.88 Å². The molecule has 2 heterocycles. The Morgan fingerprint density at radius 1 is 1.14 bits per heavy atom. The van der Waals surface area contributed by atoms with Crippen LogP contribution >= 0.6 is 0 Å². The minimum absolute atomic E-state index is 0.213. The fourth-order valence-electron chi connectivity index (χ4n) is 4.65. The molecular formula is C24H32N2O3. The Kier molecular flexibility index (Phi) is 5.52. The predicted octanol–water partition coefficient (Wildman–Crippen LogP) is 4.73. The van der Waals surface area contributed by atoms with Gasteiger partial charge in [-0.1, -0.05) is 26.8 Å². The highest BCUT2D eigenvalue weighted by molar-refractivity contribution is 5.79. The molecule has 4 rings (SSSR count). The van der Waals surface area contributed by atoms with Gasteiger partial charge in [-0.2, -0.15) is 0 Å². The number of aromatic nitrogens is 1. The Bertz CT molecular complexity index is 875. The molecule has 0 unspecified atom stereocenters. The van der Waals surface area contributed by atoms with Crippen LogP contribution in [0.3, 0.4) is 0 Å². The fraction of sp³-hybridized carbons (Fsp3) is 0.583. The number of benzene rings is 1. The number of pyridine rings is 1. The van der Waals surface area contributed by atoms with Gasteiger partial charge in [-0.25, -0.2) is 4.98 Å². The number of hydrogen-bond acceptors (Lipinski definition) is 4. The molecule has 1 N–H and O–H groups in total. The van der Waals surface area contributed by atoms with Crippen LogP contribution in [0, 0.1) is 17.3 Å². The summed E-state index contributed by atoms with van der Waals surface area (Å²) >= 11 is 0. The van der Waals surface area contributed by atoms with E-state index in [1.54, 1.807) is 0 Å². The van der Waals surface area contributed by atoms with Gasteiger partial charge in [0.2, 0.25) is 5.88 Å². The second-order valence-electron chi connectivity index (χ2n) is 9.86. The zero-order valence-corrected chi connectivity index (χ0v) is 17.7. The average Bonchev–Trinajstić information content (AvgIpc) is 2.63. The number of hydrogen-bond donors (Lipinski definition) is 1. The van der Waals surface area contributed by atoms with Gasteiger partial charge in [-0.15, -0.1) is 0 Å². The number of likely N-dealkylation sites (tertiary alicyclic amines) is 1. The molecule has 2 aliphatic rings. The van der Waals surface area contributed by atoms with Crippen molar-refractivity contribution in [3.8, 4) is 5.88 Å². The molecule has 0 atom stereocenters. The zero-order chi connectivity index (χ0) is 20.6. The Morgan fingerprint density at radius 3 is 2.52 bits per heavy atom. The van der Waals surface area contributed by atoms with Gasteiger partial charge < -0.3 is 9.84 Å². The van der Waals surface area contributed by atoms with Crippen LogP contribution in [-0.4, -0.2) is 40.2 Å². The second kappa shape index (κ2) is 7.94. The van der Waals surface area contributed by atoms with Gasteiger partial charge in [0.05, 0.1) is 11.4 Å². The van der Waals surface area contributed by atoms with E-state index in [0.29, 0.717) is 18.5 Å². The first-order valence-electron chi connectivity index (χ1n) is 10.8. The van der Waals surface area contributed by atoms with E-state index >= 15 is 0 Å². The lowest BCUT2D eigenvalue weighted by atomic mass is 9.72. The molecule has 0 radical (unpaired) electrons. The van der Waals surface area contributed by atoms with Crippen molar-refractivity contribution in [3.05, 3.63) is 35.9 Å². The third-order valence-corrected chi connectivity index (χ3v) is 6.63.